The minimum Gasteiger partial charge on any atom is -0.272 e. The minimum absolute atomic E-state index is 0.000111. The Morgan fingerprint density at radius 3 is 2.81 bits per heavy atom. The van der Waals surface area contributed by atoms with Crippen molar-refractivity contribution < 1.29 is 9.63 Å². The van der Waals surface area contributed by atoms with Gasteiger partial charge in [-0.3, -0.25) is 19.3 Å². The number of amides is 1. The Labute approximate surface area is 181 Å². The van der Waals surface area contributed by atoms with Crippen molar-refractivity contribution >= 4 is 16.8 Å². The molecular weight excluding hydrogens is 390 g/mol. The zero-order valence-electron chi connectivity index (χ0n) is 17.4. The molecule has 1 aliphatic heterocycles. The SMILES string of the molecule is N#Cc1ccc2cnn(CC3CCC(C(=O)N4OCC[C@H]4c4ccccn4)CC3)c2c1. The second-order valence-corrected chi connectivity index (χ2v) is 8.49. The van der Waals surface area contributed by atoms with Gasteiger partial charge in [-0.2, -0.15) is 10.4 Å². The molecule has 1 amide bonds. The maximum absolute atomic E-state index is 13.2. The van der Waals surface area contributed by atoms with E-state index in [0.29, 0.717) is 18.1 Å². The fraction of sp³-hybridized carbons (Fsp3) is 0.417. The number of hydroxylamine groups is 2. The van der Waals surface area contributed by atoms with Gasteiger partial charge in [0.25, 0.3) is 0 Å². The molecule has 7 heteroatoms. The summed E-state index contributed by atoms with van der Waals surface area (Å²) in [7, 11) is 0. The molecule has 3 heterocycles. The van der Waals surface area contributed by atoms with Crippen molar-refractivity contribution in [2.24, 2.45) is 11.8 Å². The first kappa shape index (κ1) is 19.7. The van der Waals surface area contributed by atoms with Crippen LogP contribution in [0.5, 0.6) is 0 Å². The number of carbonyl (C=O) groups is 1. The van der Waals surface area contributed by atoms with E-state index in [0.717, 1.165) is 55.2 Å². The lowest BCUT2D eigenvalue weighted by Gasteiger charge is -2.31. The van der Waals surface area contributed by atoms with Crippen LogP contribution in [0.15, 0.2) is 48.8 Å². The van der Waals surface area contributed by atoms with Gasteiger partial charge in [-0.25, -0.2) is 5.06 Å². The molecule has 0 bridgehead atoms. The third-order valence-electron chi connectivity index (χ3n) is 6.55. The fourth-order valence-corrected chi connectivity index (χ4v) is 4.83. The van der Waals surface area contributed by atoms with Gasteiger partial charge < -0.3 is 0 Å². The van der Waals surface area contributed by atoms with Gasteiger partial charge in [-0.15, -0.1) is 0 Å². The van der Waals surface area contributed by atoms with Crippen LogP contribution in [-0.2, 0) is 16.2 Å². The van der Waals surface area contributed by atoms with E-state index in [9.17, 15) is 10.1 Å². The van der Waals surface area contributed by atoms with E-state index in [1.165, 1.54) is 0 Å². The van der Waals surface area contributed by atoms with Crippen LogP contribution in [0.2, 0.25) is 0 Å². The molecule has 2 aromatic heterocycles. The lowest BCUT2D eigenvalue weighted by molar-refractivity contribution is -0.183. The van der Waals surface area contributed by atoms with Crippen molar-refractivity contribution in [2.45, 2.75) is 44.7 Å². The van der Waals surface area contributed by atoms with E-state index in [4.69, 9.17) is 4.84 Å². The Kier molecular flexibility index (Phi) is 5.39. The molecule has 1 saturated carbocycles. The molecule has 2 fully saturated rings. The van der Waals surface area contributed by atoms with Crippen molar-refractivity contribution in [2.75, 3.05) is 6.61 Å². The average molecular weight is 415 g/mol. The van der Waals surface area contributed by atoms with E-state index in [-0.39, 0.29) is 17.9 Å². The zero-order valence-corrected chi connectivity index (χ0v) is 17.4. The molecule has 2 aliphatic rings. The standard InChI is InChI=1S/C24H25N5O2/c25-14-18-6-9-20-15-27-28(23(20)13-18)16-17-4-7-19(8-5-17)24(30)29-22(10-12-31-29)21-3-1-2-11-26-21/h1-3,6,9,11,13,15,17,19,22H,4-5,7-8,10,12,16H2/t17?,19?,22-/m0/s1. The van der Waals surface area contributed by atoms with Crippen LogP contribution in [-0.4, -0.2) is 32.3 Å². The summed E-state index contributed by atoms with van der Waals surface area (Å²) in [4.78, 5) is 23.3. The molecule has 3 aromatic rings. The number of hydrogen-bond donors (Lipinski definition) is 0. The summed E-state index contributed by atoms with van der Waals surface area (Å²) >= 11 is 0. The first-order chi connectivity index (χ1) is 15.2. The number of nitriles is 1. The van der Waals surface area contributed by atoms with E-state index in [1.807, 2.05) is 47.3 Å². The summed E-state index contributed by atoms with van der Waals surface area (Å²) < 4.78 is 2.00. The highest BCUT2D eigenvalue weighted by atomic mass is 16.7. The maximum Gasteiger partial charge on any atom is 0.249 e. The molecule has 1 saturated heterocycles. The average Bonchev–Trinajstić information content (AvgIpc) is 3.47. The minimum atomic E-state index is -0.0869. The number of benzene rings is 1. The zero-order chi connectivity index (χ0) is 21.2. The molecule has 0 N–H and O–H groups in total. The predicted molar refractivity (Wildman–Crippen MR) is 114 cm³/mol. The van der Waals surface area contributed by atoms with Crippen LogP contribution in [0.1, 0.15) is 49.4 Å². The van der Waals surface area contributed by atoms with Crippen molar-refractivity contribution in [3.63, 3.8) is 0 Å². The Hall–Kier alpha value is -3.24. The van der Waals surface area contributed by atoms with Gasteiger partial charge in [0.2, 0.25) is 5.91 Å². The van der Waals surface area contributed by atoms with E-state index in [2.05, 4.69) is 16.2 Å². The highest BCUT2D eigenvalue weighted by Gasteiger charge is 2.37. The smallest absolute Gasteiger partial charge is 0.249 e. The van der Waals surface area contributed by atoms with E-state index >= 15 is 0 Å². The Balaban J connectivity index is 1.22. The van der Waals surface area contributed by atoms with Crippen LogP contribution in [0.25, 0.3) is 10.9 Å². The number of aromatic nitrogens is 3. The lowest BCUT2D eigenvalue weighted by atomic mass is 9.81. The van der Waals surface area contributed by atoms with Crippen molar-refractivity contribution in [1.82, 2.24) is 19.8 Å². The first-order valence-electron chi connectivity index (χ1n) is 11.0. The quantitative estimate of drug-likeness (QED) is 0.643. The fourth-order valence-electron chi connectivity index (χ4n) is 4.83. The van der Waals surface area contributed by atoms with Crippen LogP contribution >= 0.6 is 0 Å². The number of pyridine rings is 1. The second-order valence-electron chi connectivity index (χ2n) is 8.49. The number of nitrogens with zero attached hydrogens (tertiary/aromatic N) is 5. The summed E-state index contributed by atoms with van der Waals surface area (Å²) in [6, 6.07) is 13.6. The number of rotatable bonds is 4. The molecule has 1 aromatic carbocycles. The van der Waals surface area contributed by atoms with Gasteiger partial charge >= 0.3 is 0 Å². The van der Waals surface area contributed by atoms with Crippen molar-refractivity contribution in [1.29, 1.82) is 5.26 Å². The summed E-state index contributed by atoms with van der Waals surface area (Å²) in [5, 5.41) is 16.3. The summed E-state index contributed by atoms with van der Waals surface area (Å²) in [6.45, 7) is 1.37. The van der Waals surface area contributed by atoms with Crippen LogP contribution in [0.4, 0.5) is 0 Å². The molecule has 1 aliphatic carbocycles. The molecular formula is C24H25N5O2. The molecule has 5 rings (SSSR count). The van der Waals surface area contributed by atoms with Crippen LogP contribution < -0.4 is 0 Å². The maximum atomic E-state index is 13.2. The lowest BCUT2D eigenvalue weighted by Crippen LogP contribution is -2.37. The molecule has 0 unspecified atom stereocenters. The van der Waals surface area contributed by atoms with Crippen molar-refractivity contribution in [3.8, 4) is 6.07 Å². The number of fused-ring (bicyclic) bond motifs is 1. The molecule has 31 heavy (non-hydrogen) atoms. The Bertz CT molecular complexity index is 1110. The molecule has 1 atom stereocenters. The normalized spacial score (nSPS) is 23.7. The predicted octanol–water partition coefficient (Wildman–Crippen LogP) is 4.01. The summed E-state index contributed by atoms with van der Waals surface area (Å²) in [6.07, 6.45) is 8.10. The number of carbonyl (C=O) groups excluding carboxylic acids is 1. The topological polar surface area (TPSA) is 84.0 Å². The van der Waals surface area contributed by atoms with Crippen LogP contribution in [0.3, 0.4) is 0 Å². The summed E-state index contributed by atoms with van der Waals surface area (Å²) in [5.41, 5.74) is 2.54. The highest BCUT2D eigenvalue weighted by Crippen LogP contribution is 2.36. The van der Waals surface area contributed by atoms with Gasteiger partial charge in [0.05, 0.1) is 35.6 Å². The third kappa shape index (κ3) is 3.91. The van der Waals surface area contributed by atoms with E-state index < -0.39 is 0 Å². The monoisotopic (exact) mass is 415 g/mol. The third-order valence-corrected chi connectivity index (χ3v) is 6.55. The molecule has 0 spiro atoms. The van der Waals surface area contributed by atoms with Crippen molar-refractivity contribution in [3.05, 3.63) is 60.0 Å². The van der Waals surface area contributed by atoms with Gasteiger partial charge in [-0.1, -0.05) is 6.07 Å². The molecule has 158 valence electrons. The van der Waals surface area contributed by atoms with Crippen LogP contribution in [0, 0.1) is 23.2 Å². The second kappa shape index (κ2) is 8.48. The van der Waals surface area contributed by atoms with Gasteiger partial charge in [-0.05, 0) is 61.9 Å². The summed E-state index contributed by atoms with van der Waals surface area (Å²) in [5.74, 6) is 0.568. The van der Waals surface area contributed by atoms with Gasteiger partial charge in [0.1, 0.15) is 6.04 Å². The van der Waals surface area contributed by atoms with Gasteiger partial charge in [0.15, 0.2) is 0 Å². The number of hydrogen-bond acceptors (Lipinski definition) is 5. The molecule has 7 nitrogen and oxygen atoms in total. The highest BCUT2D eigenvalue weighted by molar-refractivity contribution is 5.80. The molecule has 0 radical (unpaired) electrons. The Morgan fingerprint density at radius 1 is 1.16 bits per heavy atom. The first-order valence-corrected chi connectivity index (χ1v) is 11.0. The Morgan fingerprint density at radius 2 is 2.03 bits per heavy atom. The largest absolute Gasteiger partial charge is 0.272 e. The van der Waals surface area contributed by atoms with Gasteiger partial charge in [0, 0.05) is 30.5 Å². The van der Waals surface area contributed by atoms with E-state index in [1.54, 1.807) is 11.3 Å².